The van der Waals surface area contributed by atoms with Gasteiger partial charge in [-0.1, -0.05) is 30.3 Å². The van der Waals surface area contributed by atoms with E-state index in [9.17, 15) is 23.5 Å². The standard InChI is InChI=1S/C19H17F2NO3/c20-14-7-5-12(6-8-14)9-13-10-18(24)22(19(13)25)11-17(23)15-3-1-2-4-16(15)21/h1-8,13,17,23H,9-11H2/t13-,17+/m0/s1. The average molecular weight is 345 g/mol. The molecule has 2 aromatic carbocycles. The van der Waals surface area contributed by atoms with E-state index in [1.54, 1.807) is 18.2 Å². The van der Waals surface area contributed by atoms with Crippen LogP contribution in [0.4, 0.5) is 8.78 Å². The maximum atomic E-state index is 13.7. The highest BCUT2D eigenvalue weighted by Crippen LogP contribution is 2.27. The van der Waals surface area contributed by atoms with Gasteiger partial charge in [0.15, 0.2) is 0 Å². The molecule has 1 N–H and O–H groups in total. The number of nitrogens with zero attached hydrogens (tertiary/aromatic N) is 1. The highest BCUT2D eigenvalue weighted by molar-refractivity contribution is 6.03. The van der Waals surface area contributed by atoms with Crippen molar-refractivity contribution >= 4 is 11.8 Å². The number of carbonyl (C=O) groups is 2. The van der Waals surface area contributed by atoms with E-state index in [0.717, 1.165) is 10.5 Å². The van der Waals surface area contributed by atoms with Gasteiger partial charge in [0.05, 0.1) is 18.6 Å². The van der Waals surface area contributed by atoms with Gasteiger partial charge in [-0.15, -0.1) is 0 Å². The first-order chi connectivity index (χ1) is 12.0. The van der Waals surface area contributed by atoms with Gasteiger partial charge >= 0.3 is 0 Å². The zero-order valence-electron chi connectivity index (χ0n) is 13.4. The van der Waals surface area contributed by atoms with Gasteiger partial charge in [0.2, 0.25) is 11.8 Å². The highest BCUT2D eigenvalue weighted by Gasteiger charge is 2.39. The van der Waals surface area contributed by atoms with Gasteiger partial charge in [-0.25, -0.2) is 8.78 Å². The molecule has 130 valence electrons. The largest absolute Gasteiger partial charge is 0.386 e. The summed E-state index contributed by atoms with van der Waals surface area (Å²) in [6.07, 6.45) is -0.934. The van der Waals surface area contributed by atoms with Gasteiger partial charge in [0.1, 0.15) is 11.6 Å². The number of benzene rings is 2. The van der Waals surface area contributed by atoms with Crippen molar-refractivity contribution in [3.05, 3.63) is 71.3 Å². The number of carbonyl (C=O) groups excluding carboxylic acids is 2. The van der Waals surface area contributed by atoms with Gasteiger partial charge in [-0.2, -0.15) is 0 Å². The van der Waals surface area contributed by atoms with Crippen LogP contribution in [0.25, 0.3) is 0 Å². The Balaban J connectivity index is 1.69. The van der Waals surface area contributed by atoms with E-state index in [-0.39, 0.29) is 24.3 Å². The lowest BCUT2D eigenvalue weighted by molar-refractivity contribution is -0.141. The number of β-amino-alcohol motifs (C(OH)–C–C–N with tert-alkyl or cyclic N) is 1. The molecule has 4 nitrogen and oxygen atoms in total. The van der Waals surface area contributed by atoms with E-state index in [1.807, 2.05) is 0 Å². The molecule has 2 amide bonds. The number of rotatable bonds is 5. The minimum absolute atomic E-state index is 0.0280. The van der Waals surface area contributed by atoms with Crippen molar-refractivity contribution in [1.82, 2.24) is 4.90 Å². The van der Waals surface area contributed by atoms with Crippen LogP contribution < -0.4 is 0 Å². The first kappa shape index (κ1) is 17.2. The highest BCUT2D eigenvalue weighted by atomic mass is 19.1. The Morgan fingerprint density at radius 3 is 2.44 bits per heavy atom. The molecular formula is C19H17F2NO3. The van der Waals surface area contributed by atoms with Crippen molar-refractivity contribution in [3.63, 3.8) is 0 Å². The normalized spacial score (nSPS) is 18.7. The van der Waals surface area contributed by atoms with Crippen molar-refractivity contribution < 1.29 is 23.5 Å². The SMILES string of the molecule is O=C1C[C@H](Cc2ccc(F)cc2)C(=O)N1C[C@@H](O)c1ccccc1F. The van der Waals surface area contributed by atoms with Gasteiger partial charge in [-0.05, 0) is 30.2 Å². The van der Waals surface area contributed by atoms with E-state index < -0.39 is 29.7 Å². The molecule has 0 aliphatic carbocycles. The number of halogens is 2. The molecule has 0 radical (unpaired) electrons. The van der Waals surface area contributed by atoms with Crippen LogP contribution in [-0.4, -0.2) is 28.4 Å². The summed E-state index contributed by atoms with van der Waals surface area (Å²) < 4.78 is 26.7. The van der Waals surface area contributed by atoms with E-state index in [4.69, 9.17) is 0 Å². The topological polar surface area (TPSA) is 57.6 Å². The lowest BCUT2D eigenvalue weighted by Gasteiger charge is -2.19. The molecule has 3 rings (SSSR count). The molecule has 1 aliphatic heterocycles. The van der Waals surface area contributed by atoms with Crippen LogP contribution in [0.3, 0.4) is 0 Å². The van der Waals surface area contributed by atoms with E-state index >= 15 is 0 Å². The molecule has 1 saturated heterocycles. The van der Waals surface area contributed by atoms with Crippen LogP contribution >= 0.6 is 0 Å². The molecule has 1 aliphatic rings. The summed E-state index contributed by atoms with van der Waals surface area (Å²) in [6, 6.07) is 11.5. The summed E-state index contributed by atoms with van der Waals surface area (Å²) in [7, 11) is 0. The number of hydrogen-bond donors (Lipinski definition) is 1. The van der Waals surface area contributed by atoms with Crippen LogP contribution in [0.5, 0.6) is 0 Å². The minimum Gasteiger partial charge on any atom is -0.386 e. The predicted octanol–water partition coefficient (Wildman–Crippen LogP) is 2.62. The molecule has 2 atom stereocenters. The van der Waals surface area contributed by atoms with Gasteiger partial charge < -0.3 is 5.11 Å². The third-order valence-electron chi connectivity index (χ3n) is 4.35. The number of imide groups is 1. The van der Waals surface area contributed by atoms with E-state index in [1.165, 1.54) is 30.3 Å². The molecule has 25 heavy (non-hydrogen) atoms. The summed E-state index contributed by atoms with van der Waals surface area (Å²) in [6.45, 7) is -0.279. The summed E-state index contributed by atoms with van der Waals surface area (Å²) in [5, 5.41) is 10.2. The van der Waals surface area contributed by atoms with Crippen LogP contribution in [0.15, 0.2) is 48.5 Å². The second-order valence-electron chi connectivity index (χ2n) is 6.11. The maximum absolute atomic E-state index is 13.7. The molecule has 0 unspecified atom stereocenters. The van der Waals surface area contributed by atoms with Crippen molar-refractivity contribution in [2.75, 3.05) is 6.54 Å². The number of hydrogen-bond acceptors (Lipinski definition) is 3. The van der Waals surface area contributed by atoms with Crippen LogP contribution in [0, 0.1) is 17.6 Å². The molecule has 2 aromatic rings. The third-order valence-corrected chi connectivity index (χ3v) is 4.35. The fourth-order valence-corrected chi connectivity index (χ4v) is 3.02. The lowest BCUT2D eigenvalue weighted by atomic mass is 9.98. The Hall–Kier alpha value is -2.60. The van der Waals surface area contributed by atoms with E-state index in [2.05, 4.69) is 0 Å². The van der Waals surface area contributed by atoms with Gasteiger partial charge in [-0.3, -0.25) is 14.5 Å². The van der Waals surface area contributed by atoms with Crippen molar-refractivity contribution in [3.8, 4) is 0 Å². The maximum Gasteiger partial charge on any atom is 0.233 e. The summed E-state index contributed by atoms with van der Waals surface area (Å²) in [4.78, 5) is 25.6. The number of likely N-dealkylation sites (tertiary alicyclic amines) is 1. The van der Waals surface area contributed by atoms with Crippen LogP contribution in [0.2, 0.25) is 0 Å². The molecule has 6 heteroatoms. The Labute approximate surface area is 143 Å². The molecule has 0 aromatic heterocycles. The molecule has 0 saturated carbocycles. The number of aliphatic hydroxyl groups is 1. The predicted molar refractivity (Wildman–Crippen MR) is 86.3 cm³/mol. The molecular weight excluding hydrogens is 328 g/mol. The number of aliphatic hydroxyl groups excluding tert-OH is 1. The molecule has 0 bridgehead atoms. The lowest BCUT2D eigenvalue weighted by Crippen LogP contribution is -2.35. The Morgan fingerprint density at radius 2 is 1.76 bits per heavy atom. The Bertz CT molecular complexity index is 792. The smallest absolute Gasteiger partial charge is 0.233 e. The Kier molecular flexibility index (Phi) is 4.90. The molecule has 0 spiro atoms. The van der Waals surface area contributed by atoms with Gasteiger partial charge in [0, 0.05) is 12.0 Å². The van der Waals surface area contributed by atoms with Crippen LogP contribution in [-0.2, 0) is 16.0 Å². The first-order valence-corrected chi connectivity index (χ1v) is 7.97. The monoisotopic (exact) mass is 345 g/mol. The fraction of sp³-hybridized carbons (Fsp3) is 0.263. The quantitative estimate of drug-likeness (QED) is 0.848. The third kappa shape index (κ3) is 3.74. The summed E-state index contributed by atoms with van der Waals surface area (Å²) in [5.74, 6) is -2.30. The summed E-state index contributed by atoms with van der Waals surface area (Å²) in [5.41, 5.74) is 0.800. The second-order valence-corrected chi connectivity index (χ2v) is 6.11. The van der Waals surface area contributed by atoms with Crippen molar-refractivity contribution in [2.45, 2.75) is 18.9 Å². The number of amides is 2. The molecule has 1 fully saturated rings. The van der Waals surface area contributed by atoms with Crippen molar-refractivity contribution in [2.24, 2.45) is 5.92 Å². The first-order valence-electron chi connectivity index (χ1n) is 7.97. The fourth-order valence-electron chi connectivity index (χ4n) is 3.02. The zero-order chi connectivity index (χ0) is 18.0. The minimum atomic E-state index is -1.28. The average Bonchev–Trinajstić information content (AvgIpc) is 2.85. The Morgan fingerprint density at radius 1 is 1.08 bits per heavy atom. The zero-order valence-corrected chi connectivity index (χ0v) is 13.4. The summed E-state index contributed by atoms with van der Waals surface area (Å²) >= 11 is 0. The van der Waals surface area contributed by atoms with E-state index in [0.29, 0.717) is 6.42 Å². The molecule has 1 heterocycles. The van der Waals surface area contributed by atoms with Crippen molar-refractivity contribution in [1.29, 1.82) is 0 Å². The second kappa shape index (κ2) is 7.11. The van der Waals surface area contributed by atoms with Gasteiger partial charge in [0.25, 0.3) is 0 Å². The van der Waals surface area contributed by atoms with Crippen LogP contribution in [0.1, 0.15) is 23.7 Å².